The summed E-state index contributed by atoms with van der Waals surface area (Å²) in [6.45, 7) is 4.99. The van der Waals surface area contributed by atoms with Gasteiger partial charge in [-0.05, 0) is 109 Å². The Kier molecular flexibility index (Phi) is 8.20. The number of benzene rings is 2. The Labute approximate surface area is 224 Å². The summed E-state index contributed by atoms with van der Waals surface area (Å²) in [5.41, 5.74) is 3.70. The van der Waals surface area contributed by atoms with Crippen LogP contribution in [0.4, 0.5) is 0 Å². The van der Waals surface area contributed by atoms with Gasteiger partial charge in [-0.3, -0.25) is 4.79 Å². The van der Waals surface area contributed by atoms with E-state index in [1.807, 2.05) is 12.1 Å². The maximum Gasteiger partial charge on any atom is 0.227 e. The molecule has 1 amide bonds. The molecular formula is C30H38N2O4S. The molecule has 0 N–H and O–H groups in total. The summed E-state index contributed by atoms with van der Waals surface area (Å²) >= 11 is 1.81. The quantitative estimate of drug-likeness (QED) is 0.387. The number of aryl methyl sites for hydroxylation is 1. The number of thiophene rings is 1. The maximum atomic E-state index is 13.2. The smallest absolute Gasteiger partial charge is 0.227 e. The number of piperidine rings is 1. The highest BCUT2D eigenvalue weighted by Crippen LogP contribution is 2.33. The van der Waals surface area contributed by atoms with E-state index in [1.54, 1.807) is 32.7 Å². The van der Waals surface area contributed by atoms with Crippen LogP contribution in [0.1, 0.15) is 36.0 Å². The van der Waals surface area contributed by atoms with Gasteiger partial charge in [-0.2, -0.15) is 0 Å². The van der Waals surface area contributed by atoms with Crippen LogP contribution >= 0.6 is 11.3 Å². The number of fused-ring (bicyclic) bond motifs is 2. The van der Waals surface area contributed by atoms with E-state index in [0.717, 1.165) is 69.0 Å². The Morgan fingerprint density at radius 3 is 2.59 bits per heavy atom. The van der Waals surface area contributed by atoms with Gasteiger partial charge in [-0.25, -0.2) is 0 Å². The number of hydrogen-bond acceptors (Lipinski definition) is 6. The van der Waals surface area contributed by atoms with Crippen molar-refractivity contribution in [2.75, 3.05) is 54.1 Å². The van der Waals surface area contributed by atoms with E-state index in [0.29, 0.717) is 18.1 Å². The first-order valence-corrected chi connectivity index (χ1v) is 14.2. The molecule has 2 aliphatic heterocycles. The minimum absolute atomic E-state index is 0.226. The van der Waals surface area contributed by atoms with E-state index < -0.39 is 0 Å². The van der Waals surface area contributed by atoms with Crippen LogP contribution in [-0.2, 0) is 24.1 Å². The lowest BCUT2D eigenvalue weighted by Crippen LogP contribution is -2.43. The van der Waals surface area contributed by atoms with Gasteiger partial charge in [-0.15, -0.1) is 11.3 Å². The number of ether oxygens (including phenoxy) is 3. The number of carbonyl (C=O) groups excluding carboxylic acids is 1. The molecule has 0 saturated carbocycles. The first kappa shape index (κ1) is 25.9. The van der Waals surface area contributed by atoms with Gasteiger partial charge in [0.15, 0.2) is 11.5 Å². The summed E-state index contributed by atoms with van der Waals surface area (Å²) in [5.74, 6) is 3.12. The van der Waals surface area contributed by atoms with Crippen molar-refractivity contribution in [1.82, 2.24) is 9.80 Å². The number of carbonyl (C=O) groups is 1. The molecule has 198 valence electrons. The molecule has 1 aromatic heterocycles. The Bertz CT molecular complexity index is 1240. The Hall–Kier alpha value is -2.77. The monoisotopic (exact) mass is 522 g/mol. The van der Waals surface area contributed by atoms with Crippen LogP contribution in [0.15, 0.2) is 35.7 Å². The number of nitrogens with zero attached hydrogens (tertiary/aromatic N) is 2. The summed E-state index contributed by atoms with van der Waals surface area (Å²) in [6.07, 6.45) is 5.97. The molecule has 3 aromatic rings. The largest absolute Gasteiger partial charge is 0.497 e. The highest BCUT2D eigenvalue weighted by atomic mass is 32.1. The predicted octanol–water partition coefficient (Wildman–Crippen LogP) is 5.20. The first-order chi connectivity index (χ1) is 18.1. The summed E-state index contributed by atoms with van der Waals surface area (Å²) in [6, 6.07) is 10.4. The first-order valence-electron chi connectivity index (χ1n) is 13.4. The third kappa shape index (κ3) is 5.88. The second-order valence-corrected chi connectivity index (χ2v) is 11.2. The van der Waals surface area contributed by atoms with E-state index in [1.165, 1.54) is 34.1 Å². The number of rotatable bonds is 9. The van der Waals surface area contributed by atoms with Crippen LogP contribution in [0.5, 0.6) is 17.2 Å². The van der Waals surface area contributed by atoms with Crippen molar-refractivity contribution in [3.63, 3.8) is 0 Å². The lowest BCUT2D eigenvalue weighted by atomic mass is 9.96. The fourth-order valence-electron chi connectivity index (χ4n) is 5.90. The number of amides is 1. The zero-order chi connectivity index (χ0) is 25.8. The van der Waals surface area contributed by atoms with Crippen molar-refractivity contribution in [3.05, 3.63) is 52.4 Å². The van der Waals surface area contributed by atoms with Crippen LogP contribution in [-0.4, -0.2) is 69.8 Å². The molecule has 37 heavy (non-hydrogen) atoms. The average Bonchev–Trinajstić information content (AvgIpc) is 3.26. The van der Waals surface area contributed by atoms with Crippen molar-refractivity contribution in [1.29, 1.82) is 0 Å². The Morgan fingerprint density at radius 2 is 1.81 bits per heavy atom. The minimum Gasteiger partial charge on any atom is -0.497 e. The average molecular weight is 523 g/mol. The molecule has 0 radical (unpaired) electrons. The number of likely N-dealkylation sites (tertiary alicyclic amines) is 1. The maximum absolute atomic E-state index is 13.2. The van der Waals surface area contributed by atoms with E-state index >= 15 is 0 Å². The molecule has 1 atom stereocenters. The van der Waals surface area contributed by atoms with E-state index in [-0.39, 0.29) is 5.91 Å². The molecule has 0 aliphatic carbocycles. The zero-order valence-electron chi connectivity index (χ0n) is 22.3. The van der Waals surface area contributed by atoms with Crippen molar-refractivity contribution in [2.24, 2.45) is 5.92 Å². The van der Waals surface area contributed by atoms with Crippen LogP contribution in [0.25, 0.3) is 10.1 Å². The van der Waals surface area contributed by atoms with Crippen molar-refractivity contribution >= 4 is 27.3 Å². The molecule has 0 bridgehead atoms. The summed E-state index contributed by atoms with van der Waals surface area (Å²) in [5, 5.41) is 3.66. The molecule has 1 unspecified atom stereocenters. The third-order valence-corrected chi connectivity index (χ3v) is 8.91. The van der Waals surface area contributed by atoms with Crippen LogP contribution in [0.3, 0.4) is 0 Å². The topological polar surface area (TPSA) is 51.2 Å². The van der Waals surface area contributed by atoms with Gasteiger partial charge < -0.3 is 24.0 Å². The molecule has 7 heteroatoms. The van der Waals surface area contributed by atoms with E-state index in [2.05, 4.69) is 33.4 Å². The summed E-state index contributed by atoms with van der Waals surface area (Å²) in [7, 11) is 5.02. The van der Waals surface area contributed by atoms with Gasteiger partial charge in [0.2, 0.25) is 5.91 Å². The normalized spacial score (nSPS) is 18.5. The molecular weight excluding hydrogens is 484 g/mol. The predicted molar refractivity (Wildman–Crippen MR) is 149 cm³/mol. The van der Waals surface area contributed by atoms with Crippen molar-refractivity contribution < 1.29 is 19.0 Å². The number of methoxy groups -OCH3 is 3. The second-order valence-electron chi connectivity index (χ2n) is 10.3. The van der Waals surface area contributed by atoms with E-state index in [9.17, 15) is 4.79 Å². The molecule has 0 spiro atoms. The Balaban J connectivity index is 1.14. The lowest BCUT2D eigenvalue weighted by Gasteiger charge is -2.35. The van der Waals surface area contributed by atoms with E-state index in [4.69, 9.17) is 14.2 Å². The van der Waals surface area contributed by atoms with Gasteiger partial charge >= 0.3 is 0 Å². The van der Waals surface area contributed by atoms with Gasteiger partial charge in [0.05, 0.1) is 27.8 Å². The third-order valence-electron chi connectivity index (χ3n) is 7.92. The fraction of sp³-hybridized carbons (Fsp3) is 0.500. The van der Waals surface area contributed by atoms with Gasteiger partial charge in [0, 0.05) is 24.3 Å². The lowest BCUT2D eigenvalue weighted by molar-refractivity contribution is -0.131. The molecule has 2 aromatic carbocycles. The molecule has 5 rings (SSSR count). The van der Waals surface area contributed by atoms with Gasteiger partial charge in [0.1, 0.15) is 5.75 Å². The fourth-order valence-corrected chi connectivity index (χ4v) is 6.93. The summed E-state index contributed by atoms with van der Waals surface area (Å²) in [4.78, 5) is 17.9. The number of hydrogen-bond donors (Lipinski definition) is 0. The SMILES string of the molecule is COc1ccc2c(CCCN3CCCC(CN4CCc5cc(OC)c(OC)cc5CC4=O)C3)csc2c1. The minimum atomic E-state index is 0.226. The molecule has 2 aliphatic rings. The van der Waals surface area contributed by atoms with Crippen LogP contribution in [0, 0.1) is 5.92 Å². The highest BCUT2D eigenvalue weighted by molar-refractivity contribution is 7.17. The van der Waals surface area contributed by atoms with Gasteiger partial charge in [0.25, 0.3) is 0 Å². The molecule has 3 heterocycles. The standard InChI is InChI=1S/C30H38N2O4S/c1-34-25-8-9-26-23(20-37-29(26)17-25)7-5-12-31-11-4-6-21(18-31)19-32-13-10-22-14-27(35-2)28(36-3)15-24(22)16-30(32)33/h8-9,14-15,17,20-21H,4-7,10-13,16,18-19H2,1-3H3. The highest BCUT2D eigenvalue weighted by Gasteiger charge is 2.27. The summed E-state index contributed by atoms with van der Waals surface area (Å²) < 4.78 is 17.6. The van der Waals surface area contributed by atoms with Crippen LogP contribution in [0.2, 0.25) is 0 Å². The van der Waals surface area contributed by atoms with Crippen molar-refractivity contribution in [2.45, 2.75) is 38.5 Å². The van der Waals surface area contributed by atoms with Crippen molar-refractivity contribution in [3.8, 4) is 17.2 Å². The second kappa shape index (κ2) is 11.7. The zero-order valence-corrected chi connectivity index (χ0v) is 23.1. The molecule has 6 nitrogen and oxygen atoms in total. The Morgan fingerprint density at radius 1 is 1.00 bits per heavy atom. The molecule has 1 saturated heterocycles. The molecule has 1 fully saturated rings. The van der Waals surface area contributed by atoms with Gasteiger partial charge in [-0.1, -0.05) is 0 Å². The van der Waals surface area contributed by atoms with Crippen LogP contribution < -0.4 is 14.2 Å².